The van der Waals surface area contributed by atoms with Gasteiger partial charge in [-0.25, -0.2) is 4.79 Å². The van der Waals surface area contributed by atoms with Crippen LogP contribution in [-0.4, -0.2) is 26.2 Å². The molecule has 3 rings (SSSR count). The van der Waals surface area contributed by atoms with Crippen LogP contribution in [0.15, 0.2) is 84.9 Å². The van der Waals surface area contributed by atoms with Crippen LogP contribution in [0.1, 0.15) is 17.0 Å². The average molecular weight is 374 g/mol. The Morgan fingerprint density at radius 3 is 1.79 bits per heavy atom. The minimum atomic E-state index is -0.454. The molecule has 0 aliphatic carbocycles. The Morgan fingerprint density at radius 1 is 0.821 bits per heavy atom. The first-order chi connectivity index (χ1) is 13.6. The van der Waals surface area contributed by atoms with E-state index in [4.69, 9.17) is 4.74 Å². The maximum absolute atomic E-state index is 13.1. The maximum atomic E-state index is 13.1. The van der Waals surface area contributed by atoms with Gasteiger partial charge in [0.2, 0.25) is 5.91 Å². The predicted octanol–water partition coefficient (Wildman–Crippen LogP) is 4.66. The number of hydrogen-bond donors (Lipinski definition) is 1. The smallest absolute Gasteiger partial charge is 0.413 e. The van der Waals surface area contributed by atoms with Crippen molar-refractivity contribution in [3.63, 3.8) is 0 Å². The molecule has 0 radical (unpaired) electrons. The predicted molar refractivity (Wildman–Crippen MR) is 111 cm³/mol. The van der Waals surface area contributed by atoms with E-state index < -0.39 is 12.0 Å². The lowest BCUT2D eigenvalue weighted by atomic mass is 9.90. The summed E-state index contributed by atoms with van der Waals surface area (Å²) in [6.45, 7) is 0. The molecule has 3 aromatic carbocycles. The van der Waals surface area contributed by atoms with E-state index in [-0.39, 0.29) is 5.91 Å². The molecule has 0 saturated heterocycles. The Bertz CT molecular complexity index is 886. The number of amides is 2. The number of ether oxygens (including phenoxy) is 1. The van der Waals surface area contributed by atoms with E-state index in [2.05, 4.69) is 5.32 Å². The minimum absolute atomic E-state index is 0.119. The summed E-state index contributed by atoms with van der Waals surface area (Å²) in [6, 6.07) is 26.4. The first kappa shape index (κ1) is 19.2. The molecule has 0 heterocycles. The lowest BCUT2D eigenvalue weighted by molar-refractivity contribution is -0.116. The van der Waals surface area contributed by atoms with Crippen molar-refractivity contribution in [2.24, 2.45) is 0 Å². The third kappa shape index (κ3) is 4.38. The number of rotatable bonds is 5. The number of nitrogens with zero attached hydrogens (tertiary/aromatic N) is 1. The monoisotopic (exact) mass is 374 g/mol. The van der Waals surface area contributed by atoms with E-state index in [1.54, 1.807) is 31.3 Å². The number of anilines is 2. The molecule has 0 atom stereocenters. The fourth-order valence-corrected chi connectivity index (χ4v) is 3.01. The quantitative estimate of drug-likeness (QED) is 0.707. The SMILES string of the molecule is COC(=O)N(C)c1ccc(NC(=O)C(c2ccccc2)c2ccccc2)cc1. The van der Waals surface area contributed by atoms with Gasteiger partial charge in [-0.3, -0.25) is 9.69 Å². The van der Waals surface area contributed by atoms with Gasteiger partial charge in [0, 0.05) is 18.4 Å². The van der Waals surface area contributed by atoms with Crippen LogP contribution in [0.3, 0.4) is 0 Å². The molecule has 0 fully saturated rings. The van der Waals surface area contributed by atoms with Crippen molar-refractivity contribution in [1.82, 2.24) is 0 Å². The lowest BCUT2D eigenvalue weighted by Crippen LogP contribution is -2.26. The summed E-state index contributed by atoms with van der Waals surface area (Å²) < 4.78 is 4.71. The Balaban J connectivity index is 1.82. The van der Waals surface area contributed by atoms with Crippen LogP contribution in [0.2, 0.25) is 0 Å². The molecule has 0 aliphatic heterocycles. The largest absolute Gasteiger partial charge is 0.452 e. The zero-order valence-corrected chi connectivity index (χ0v) is 15.8. The number of nitrogens with one attached hydrogen (secondary N) is 1. The molecule has 2 amide bonds. The molecule has 0 aliphatic rings. The summed E-state index contributed by atoms with van der Waals surface area (Å²) in [7, 11) is 2.96. The van der Waals surface area contributed by atoms with Crippen molar-refractivity contribution in [2.75, 3.05) is 24.4 Å². The van der Waals surface area contributed by atoms with Crippen molar-refractivity contribution >= 4 is 23.4 Å². The van der Waals surface area contributed by atoms with Gasteiger partial charge in [0.25, 0.3) is 0 Å². The van der Waals surface area contributed by atoms with Gasteiger partial charge >= 0.3 is 6.09 Å². The first-order valence-electron chi connectivity index (χ1n) is 8.92. The molecular weight excluding hydrogens is 352 g/mol. The van der Waals surface area contributed by atoms with E-state index in [0.29, 0.717) is 11.4 Å². The van der Waals surface area contributed by atoms with Crippen LogP contribution >= 0.6 is 0 Å². The summed E-state index contributed by atoms with van der Waals surface area (Å²) in [6.07, 6.45) is -0.454. The second-order valence-electron chi connectivity index (χ2n) is 6.32. The van der Waals surface area contributed by atoms with Crippen LogP contribution < -0.4 is 10.2 Å². The fraction of sp³-hybridized carbons (Fsp3) is 0.130. The first-order valence-corrected chi connectivity index (χ1v) is 8.92. The van der Waals surface area contributed by atoms with Crippen molar-refractivity contribution in [2.45, 2.75) is 5.92 Å². The van der Waals surface area contributed by atoms with Gasteiger partial charge in [0.05, 0.1) is 13.0 Å². The molecule has 5 nitrogen and oxygen atoms in total. The molecule has 142 valence electrons. The second-order valence-corrected chi connectivity index (χ2v) is 6.32. The molecule has 3 aromatic rings. The van der Waals surface area contributed by atoms with E-state index in [9.17, 15) is 9.59 Å². The van der Waals surface area contributed by atoms with Crippen LogP contribution in [0.25, 0.3) is 0 Å². The highest BCUT2D eigenvalue weighted by molar-refractivity contribution is 5.98. The zero-order chi connectivity index (χ0) is 19.9. The standard InChI is InChI=1S/C23H22N2O3/c1-25(23(27)28-2)20-15-13-19(14-16-20)24-22(26)21(17-9-5-3-6-10-17)18-11-7-4-8-12-18/h3-16,21H,1-2H3,(H,24,26). The summed E-state index contributed by atoms with van der Waals surface area (Å²) >= 11 is 0. The van der Waals surface area contributed by atoms with Crippen molar-refractivity contribution in [1.29, 1.82) is 0 Å². The number of methoxy groups -OCH3 is 1. The highest BCUT2D eigenvalue weighted by Gasteiger charge is 2.22. The number of hydrogen-bond acceptors (Lipinski definition) is 3. The molecule has 5 heteroatoms. The average Bonchev–Trinajstić information content (AvgIpc) is 2.75. The Labute approximate surface area is 164 Å². The number of carbonyl (C=O) groups is 2. The van der Waals surface area contributed by atoms with E-state index >= 15 is 0 Å². The number of carbonyl (C=O) groups excluding carboxylic acids is 2. The van der Waals surface area contributed by atoms with E-state index in [1.165, 1.54) is 12.0 Å². The third-order valence-electron chi connectivity index (χ3n) is 4.50. The Morgan fingerprint density at radius 2 is 1.32 bits per heavy atom. The highest BCUT2D eigenvalue weighted by atomic mass is 16.5. The summed E-state index contributed by atoms with van der Waals surface area (Å²) in [5.74, 6) is -0.536. The molecule has 1 N–H and O–H groups in total. The van der Waals surface area contributed by atoms with Crippen LogP contribution in [0, 0.1) is 0 Å². The van der Waals surface area contributed by atoms with Gasteiger partial charge in [-0.1, -0.05) is 60.7 Å². The van der Waals surface area contributed by atoms with Gasteiger partial charge in [-0.2, -0.15) is 0 Å². The molecule has 0 aromatic heterocycles. The van der Waals surface area contributed by atoms with Gasteiger partial charge in [-0.15, -0.1) is 0 Å². The third-order valence-corrected chi connectivity index (χ3v) is 4.50. The second kappa shape index (κ2) is 8.86. The summed E-state index contributed by atoms with van der Waals surface area (Å²) in [5, 5.41) is 2.97. The maximum Gasteiger partial charge on any atom is 0.413 e. The molecular formula is C23H22N2O3. The normalized spacial score (nSPS) is 10.4. The lowest BCUT2D eigenvalue weighted by Gasteiger charge is -2.19. The summed E-state index contributed by atoms with van der Waals surface area (Å²) in [5.41, 5.74) is 3.18. The van der Waals surface area contributed by atoms with Crippen LogP contribution in [0.5, 0.6) is 0 Å². The van der Waals surface area contributed by atoms with Crippen LogP contribution in [-0.2, 0) is 9.53 Å². The fourth-order valence-electron chi connectivity index (χ4n) is 3.01. The minimum Gasteiger partial charge on any atom is -0.452 e. The van der Waals surface area contributed by atoms with Crippen molar-refractivity contribution in [3.8, 4) is 0 Å². The molecule has 28 heavy (non-hydrogen) atoms. The van der Waals surface area contributed by atoms with Gasteiger partial charge < -0.3 is 10.1 Å². The molecule has 0 bridgehead atoms. The zero-order valence-electron chi connectivity index (χ0n) is 15.8. The van der Waals surface area contributed by atoms with Gasteiger partial charge in [0.1, 0.15) is 0 Å². The topological polar surface area (TPSA) is 58.6 Å². The number of benzene rings is 3. The van der Waals surface area contributed by atoms with Crippen LogP contribution in [0.4, 0.5) is 16.2 Å². The highest BCUT2D eigenvalue weighted by Crippen LogP contribution is 2.27. The summed E-state index contributed by atoms with van der Waals surface area (Å²) in [4.78, 5) is 26.1. The van der Waals surface area contributed by atoms with E-state index in [0.717, 1.165) is 11.1 Å². The Hall–Kier alpha value is -3.60. The molecule has 0 unspecified atom stereocenters. The van der Waals surface area contributed by atoms with Gasteiger partial charge in [-0.05, 0) is 35.4 Å². The molecule has 0 saturated carbocycles. The Kier molecular flexibility index (Phi) is 6.07. The molecule has 0 spiro atoms. The van der Waals surface area contributed by atoms with Gasteiger partial charge in [0.15, 0.2) is 0 Å². The van der Waals surface area contributed by atoms with Crippen molar-refractivity contribution < 1.29 is 14.3 Å². The van der Waals surface area contributed by atoms with Crippen molar-refractivity contribution in [3.05, 3.63) is 96.1 Å². The van der Waals surface area contributed by atoms with E-state index in [1.807, 2.05) is 60.7 Å².